The van der Waals surface area contributed by atoms with E-state index in [0.717, 1.165) is 18.5 Å². The van der Waals surface area contributed by atoms with E-state index in [1.165, 1.54) is 12.8 Å². The van der Waals surface area contributed by atoms with Crippen molar-refractivity contribution in [3.63, 3.8) is 0 Å². The zero-order valence-corrected chi connectivity index (χ0v) is 14.3. The largest absolute Gasteiger partial charge is 0.382 e. The summed E-state index contributed by atoms with van der Waals surface area (Å²) in [5.41, 5.74) is 2.79. The molecule has 2 aromatic rings. The van der Waals surface area contributed by atoms with Crippen LogP contribution in [0.5, 0.6) is 0 Å². The van der Waals surface area contributed by atoms with E-state index in [0.29, 0.717) is 22.3 Å². The topological polar surface area (TPSA) is 46.2 Å². The van der Waals surface area contributed by atoms with Gasteiger partial charge in [-0.3, -0.25) is 9.59 Å². The molecule has 124 valence electrons. The lowest BCUT2D eigenvalue weighted by Crippen LogP contribution is -2.24. The van der Waals surface area contributed by atoms with Crippen molar-refractivity contribution in [1.82, 2.24) is 0 Å². The Bertz CT molecular complexity index is 779. The Morgan fingerprint density at radius 3 is 2.25 bits per heavy atom. The van der Waals surface area contributed by atoms with Gasteiger partial charge in [0.05, 0.1) is 5.56 Å². The Morgan fingerprint density at radius 2 is 1.54 bits per heavy atom. The number of benzene rings is 2. The molecule has 1 atom stereocenters. The molecule has 0 saturated carbocycles. The Morgan fingerprint density at radius 1 is 0.875 bits per heavy atom. The first kappa shape index (κ1) is 16.4. The summed E-state index contributed by atoms with van der Waals surface area (Å²) in [6.45, 7) is 4.31. The van der Waals surface area contributed by atoms with Crippen molar-refractivity contribution in [1.29, 1.82) is 0 Å². The monoisotopic (exact) mass is 321 g/mol. The fraction of sp³-hybridized carbons (Fsp3) is 0.333. The Kier molecular flexibility index (Phi) is 4.79. The molecule has 1 unspecified atom stereocenters. The first-order chi connectivity index (χ1) is 11.6. The minimum atomic E-state index is -0.0671. The highest BCUT2D eigenvalue weighted by molar-refractivity contribution is 6.30. The third kappa shape index (κ3) is 2.99. The molecule has 1 N–H and O–H groups in total. The number of nitrogens with one attached hydrogen (secondary N) is 1. The molecular formula is C21H23NO2. The van der Waals surface area contributed by atoms with Gasteiger partial charge in [0.1, 0.15) is 0 Å². The van der Waals surface area contributed by atoms with Crippen LogP contribution in [0.25, 0.3) is 0 Å². The second-order valence-corrected chi connectivity index (χ2v) is 6.47. The lowest BCUT2D eigenvalue weighted by molar-refractivity contribution is 0.0979. The minimum absolute atomic E-state index is 0.0657. The lowest BCUT2D eigenvalue weighted by atomic mass is 9.83. The molecule has 0 radical (unpaired) electrons. The number of rotatable bonds is 6. The molecule has 0 spiro atoms. The van der Waals surface area contributed by atoms with Crippen molar-refractivity contribution in [2.24, 2.45) is 0 Å². The zero-order valence-electron chi connectivity index (χ0n) is 14.3. The predicted molar refractivity (Wildman–Crippen MR) is 97.0 cm³/mol. The van der Waals surface area contributed by atoms with Gasteiger partial charge in [-0.25, -0.2) is 0 Å². The first-order valence-corrected chi connectivity index (χ1v) is 8.71. The zero-order chi connectivity index (χ0) is 17.1. The van der Waals surface area contributed by atoms with E-state index in [-0.39, 0.29) is 17.6 Å². The van der Waals surface area contributed by atoms with E-state index in [1.54, 1.807) is 30.3 Å². The van der Waals surface area contributed by atoms with Crippen molar-refractivity contribution in [3.8, 4) is 0 Å². The van der Waals surface area contributed by atoms with Crippen molar-refractivity contribution in [2.45, 2.75) is 45.6 Å². The highest BCUT2D eigenvalue weighted by Gasteiger charge is 2.31. The van der Waals surface area contributed by atoms with Gasteiger partial charge in [-0.05, 0) is 19.4 Å². The molecule has 24 heavy (non-hydrogen) atoms. The molecule has 0 bridgehead atoms. The third-order valence-corrected chi connectivity index (χ3v) is 4.60. The number of carbonyl (C=O) groups excluding carboxylic acids is 2. The molecule has 3 rings (SSSR count). The molecular weight excluding hydrogens is 298 g/mol. The van der Waals surface area contributed by atoms with Gasteiger partial charge < -0.3 is 5.32 Å². The number of carbonyl (C=O) groups is 2. The van der Waals surface area contributed by atoms with Crippen LogP contribution in [0.2, 0.25) is 0 Å². The van der Waals surface area contributed by atoms with Crippen LogP contribution in [0.1, 0.15) is 71.4 Å². The molecule has 0 heterocycles. The molecule has 3 heteroatoms. The Hall–Kier alpha value is -2.42. The number of hydrogen-bond acceptors (Lipinski definition) is 3. The molecule has 1 aliphatic rings. The summed E-state index contributed by atoms with van der Waals surface area (Å²) < 4.78 is 0. The van der Waals surface area contributed by atoms with Crippen LogP contribution in [0.15, 0.2) is 42.5 Å². The number of hydrogen-bond donors (Lipinski definition) is 1. The van der Waals surface area contributed by atoms with Gasteiger partial charge in [0.2, 0.25) is 0 Å². The molecule has 0 aromatic heterocycles. The summed E-state index contributed by atoms with van der Waals surface area (Å²) in [5.74, 6) is -0.133. The van der Waals surface area contributed by atoms with E-state index < -0.39 is 0 Å². The van der Waals surface area contributed by atoms with Crippen molar-refractivity contribution in [2.75, 3.05) is 5.32 Å². The van der Waals surface area contributed by atoms with E-state index >= 15 is 0 Å². The number of unbranched alkanes of at least 4 members (excludes halogenated alkanes) is 2. The maximum absolute atomic E-state index is 12.9. The Balaban J connectivity index is 1.92. The maximum atomic E-state index is 12.9. The molecule has 0 aliphatic heterocycles. The fourth-order valence-corrected chi connectivity index (χ4v) is 3.30. The fourth-order valence-electron chi connectivity index (χ4n) is 3.30. The summed E-state index contributed by atoms with van der Waals surface area (Å²) in [6.07, 6.45) is 4.62. The van der Waals surface area contributed by atoms with Crippen molar-refractivity contribution in [3.05, 3.63) is 64.7 Å². The van der Waals surface area contributed by atoms with Gasteiger partial charge >= 0.3 is 0 Å². The summed E-state index contributed by atoms with van der Waals surface area (Å²) in [6, 6.07) is 12.8. The van der Waals surface area contributed by atoms with Gasteiger partial charge in [0.15, 0.2) is 11.6 Å². The summed E-state index contributed by atoms with van der Waals surface area (Å²) >= 11 is 0. The van der Waals surface area contributed by atoms with Gasteiger partial charge in [-0.2, -0.15) is 0 Å². The molecule has 2 aromatic carbocycles. The van der Waals surface area contributed by atoms with Gasteiger partial charge in [0, 0.05) is 28.4 Å². The van der Waals surface area contributed by atoms with Crippen LogP contribution >= 0.6 is 0 Å². The van der Waals surface area contributed by atoms with E-state index in [2.05, 4.69) is 19.2 Å². The summed E-state index contributed by atoms with van der Waals surface area (Å²) in [5, 5.41) is 3.44. The van der Waals surface area contributed by atoms with Crippen LogP contribution in [-0.4, -0.2) is 17.6 Å². The molecule has 3 nitrogen and oxygen atoms in total. The van der Waals surface area contributed by atoms with E-state index in [4.69, 9.17) is 0 Å². The second kappa shape index (κ2) is 7.00. The van der Waals surface area contributed by atoms with Crippen LogP contribution in [0.4, 0.5) is 5.69 Å². The van der Waals surface area contributed by atoms with Gasteiger partial charge in [-0.15, -0.1) is 0 Å². The summed E-state index contributed by atoms with van der Waals surface area (Å²) in [7, 11) is 0. The van der Waals surface area contributed by atoms with E-state index in [1.807, 2.05) is 12.1 Å². The molecule has 1 aliphatic carbocycles. The molecule has 0 amide bonds. The Labute approximate surface area is 143 Å². The highest BCUT2D eigenvalue weighted by Crippen LogP contribution is 2.32. The van der Waals surface area contributed by atoms with Crippen LogP contribution < -0.4 is 5.32 Å². The van der Waals surface area contributed by atoms with Crippen molar-refractivity contribution >= 4 is 17.3 Å². The van der Waals surface area contributed by atoms with Crippen LogP contribution in [0.3, 0.4) is 0 Å². The summed E-state index contributed by atoms with van der Waals surface area (Å²) in [4.78, 5) is 25.6. The normalized spacial score (nSPS) is 14.1. The smallest absolute Gasteiger partial charge is 0.196 e. The maximum Gasteiger partial charge on any atom is 0.196 e. The number of fused-ring (bicyclic) bond motifs is 2. The van der Waals surface area contributed by atoms with Crippen molar-refractivity contribution < 1.29 is 9.59 Å². The average molecular weight is 321 g/mol. The SMILES string of the molecule is CCCCCC(C)Nc1cccc2c1C(=O)c1ccccc1C2=O. The quantitative estimate of drug-likeness (QED) is 0.661. The first-order valence-electron chi connectivity index (χ1n) is 8.71. The minimum Gasteiger partial charge on any atom is -0.382 e. The predicted octanol–water partition coefficient (Wildman–Crippen LogP) is 4.84. The standard InChI is InChI=1S/C21H23NO2/c1-3-4-5-9-14(2)22-18-13-8-12-17-19(18)21(24)16-11-7-6-10-15(16)20(17)23/h6-8,10-14,22H,3-5,9H2,1-2H3. The van der Waals surface area contributed by atoms with Crippen LogP contribution in [0, 0.1) is 0 Å². The molecule has 0 saturated heterocycles. The second-order valence-electron chi connectivity index (χ2n) is 6.47. The molecule has 0 fully saturated rings. The lowest BCUT2D eigenvalue weighted by Gasteiger charge is -2.23. The number of ketones is 2. The third-order valence-electron chi connectivity index (χ3n) is 4.60. The van der Waals surface area contributed by atoms with Crippen LogP contribution in [-0.2, 0) is 0 Å². The van der Waals surface area contributed by atoms with Gasteiger partial charge in [0.25, 0.3) is 0 Å². The highest BCUT2D eigenvalue weighted by atomic mass is 16.1. The van der Waals surface area contributed by atoms with Gasteiger partial charge in [-0.1, -0.05) is 62.6 Å². The van der Waals surface area contributed by atoms with E-state index in [9.17, 15) is 9.59 Å². The average Bonchev–Trinajstić information content (AvgIpc) is 2.60. The number of anilines is 1.